The van der Waals surface area contributed by atoms with E-state index in [0.717, 1.165) is 30.5 Å². The summed E-state index contributed by atoms with van der Waals surface area (Å²) < 4.78 is 1.09. The maximum atomic E-state index is 12.1. The molecule has 1 atom stereocenters. The van der Waals surface area contributed by atoms with Gasteiger partial charge >= 0.3 is 0 Å². The Labute approximate surface area is 117 Å². The van der Waals surface area contributed by atoms with Crippen LogP contribution in [0, 0.1) is 0 Å². The number of nitrogens with one attached hydrogen (secondary N) is 1. The van der Waals surface area contributed by atoms with Crippen LogP contribution >= 0.6 is 15.9 Å². The van der Waals surface area contributed by atoms with Gasteiger partial charge in [-0.3, -0.25) is 4.79 Å². The average Bonchev–Trinajstić information content (AvgIpc) is 2.37. The number of amides is 1. The summed E-state index contributed by atoms with van der Waals surface area (Å²) in [5.74, 6) is 0.263. The van der Waals surface area contributed by atoms with Gasteiger partial charge in [0.2, 0.25) is 5.91 Å². The van der Waals surface area contributed by atoms with Gasteiger partial charge in [-0.2, -0.15) is 0 Å². The van der Waals surface area contributed by atoms with Gasteiger partial charge in [-0.1, -0.05) is 34.1 Å². The number of piperazine rings is 1. The summed E-state index contributed by atoms with van der Waals surface area (Å²) >= 11 is 3.52. The molecule has 3 nitrogen and oxygen atoms in total. The van der Waals surface area contributed by atoms with Crippen LogP contribution in [0.4, 0.5) is 0 Å². The van der Waals surface area contributed by atoms with Crippen molar-refractivity contribution in [1.82, 2.24) is 10.2 Å². The van der Waals surface area contributed by atoms with E-state index >= 15 is 0 Å². The molecule has 18 heavy (non-hydrogen) atoms. The van der Waals surface area contributed by atoms with E-state index in [0.29, 0.717) is 12.5 Å². The van der Waals surface area contributed by atoms with Crippen molar-refractivity contribution in [2.45, 2.75) is 25.8 Å². The second-order valence-corrected chi connectivity index (χ2v) is 5.64. The summed E-state index contributed by atoms with van der Waals surface area (Å²) in [7, 11) is 0. The lowest BCUT2D eigenvalue weighted by Crippen LogP contribution is -2.51. The molecular weight excluding hydrogens is 292 g/mol. The summed E-state index contributed by atoms with van der Waals surface area (Å²) in [5.41, 5.74) is 1.20. The maximum Gasteiger partial charge on any atom is 0.222 e. The zero-order chi connectivity index (χ0) is 13.0. The monoisotopic (exact) mass is 310 g/mol. The molecule has 1 N–H and O–H groups in total. The Morgan fingerprint density at radius 1 is 1.50 bits per heavy atom. The molecule has 98 valence electrons. The average molecular weight is 311 g/mol. The first-order chi connectivity index (χ1) is 8.66. The van der Waals surface area contributed by atoms with E-state index in [2.05, 4.69) is 34.2 Å². The van der Waals surface area contributed by atoms with E-state index in [-0.39, 0.29) is 5.91 Å². The second kappa shape index (κ2) is 6.34. The van der Waals surface area contributed by atoms with Gasteiger partial charge < -0.3 is 10.2 Å². The first-order valence-corrected chi connectivity index (χ1v) is 7.20. The van der Waals surface area contributed by atoms with Crippen LogP contribution in [0.25, 0.3) is 0 Å². The molecule has 1 aromatic carbocycles. The summed E-state index contributed by atoms with van der Waals surface area (Å²) in [6.45, 7) is 4.68. The molecule has 0 unspecified atom stereocenters. The number of nitrogens with zero attached hydrogens (tertiary/aromatic N) is 1. The van der Waals surface area contributed by atoms with Gasteiger partial charge in [0.1, 0.15) is 0 Å². The molecule has 4 heteroatoms. The molecule has 0 aliphatic carbocycles. The zero-order valence-electron chi connectivity index (χ0n) is 10.7. The van der Waals surface area contributed by atoms with E-state index in [1.165, 1.54) is 5.56 Å². The van der Waals surface area contributed by atoms with E-state index in [4.69, 9.17) is 0 Å². The molecule has 1 aromatic rings. The Kier molecular flexibility index (Phi) is 4.78. The molecule has 1 aliphatic heterocycles. The van der Waals surface area contributed by atoms with Crippen molar-refractivity contribution in [3.05, 3.63) is 34.3 Å². The van der Waals surface area contributed by atoms with E-state index in [1.54, 1.807) is 0 Å². The maximum absolute atomic E-state index is 12.1. The summed E-state index contributed by atoms with van der Waals surface area (Å²) in [5, 5.41) is 3.35. The molecule has 0 saturated carbocycles. The Bertz CT molecular complexity index is 422. The second-order valence-electron chi connectivity index (χ2n) is 4.79. The molecule has 0 bridgehead atoms. The molecule has 0 radical (unpaired) electrons. The number of carbonyl (C=O) groups is 1. The van der Waals surface area contributed by atoms with Crippen LogP contribution in [-0.4, -0.2) is 36.5 Å². The minimum atomic E-state index is 0.263. The van der Waals surface area contributed by atoms with Crippen LogP contribution in [0.2, 0.25) is 0 Å². The van der Waals surface area contributed by atoms with E-state index in [9.17, 15) is 4.79 Å². The third-order valence-corrected chi connectivity index (χ3v) is 4.06. The molecular formula is C14H19BrN2O. The summed E-state index contributed by atoms with van der Waals surface area (Å²) in [6.07, 6.45) is 1.40. The molecule has 0 aromatic heterocycles. The molecule has 1 amide bonds. The number of hydrogen-bond donors (Lipinski definition) is 1. The van der Waals surface area contributed by atoms with Crippen molar-refractivity contribution in [2.24, 2.45) is 0 Å². The number of carbonyl (C=O) groups excluding carboxylic acids is 1. The summed E-state index contributed by atoms with van der Waals surface area (Å²) in [4.78, 5) is 14.1. The lowest BCUT2D eigenvalue weighted by atomic mass is 10.1. The van der Waals surface area contributed by atoms with Crippen molar-refractivity contribution in [2.75, 3.05) is 19.6 Å². The van der Waals surface area contributed by atoms with Gasteiger partial charge in [0.25, 0.3) is 0 Å². The van der Waals surface area contributed by atoms with Crippen LogP contribution in [0.15, 0.2) is 28.7 Å². The molecule has 2 rings (SSSR count). The standard InChI is InChI=1S/C14H19BrN2O/c1-11-10-17(9-8-16-11)14(18)7-6-12-4-2-3-5-13(12)15/h2-5,11,16H,6-10H2,1H3/t11-/m1/s1. The SMILES string of the molecule is C[C@@H]1CN(C(=O)CCc2ccccc2Br)CCN1. The molecule has 1 saturated heterocycles. The van der Waals surface area contributed by atoms with Crippen LogP contribution in [-0.2, 0) is 11.2 Å². The van der Waals surface area contributed by atoms with Crippen LogP contribution in [0.1, 0.15) is 18.9 Å². The van der Waals surface area contributed by atoms with Gasteiger partial charge in [0.05, 0.1) is 0 Å². The topological polar surface area (TPSA) is 32.3 Å². The van der Waals surface area contributed by atoms with Crippen LogP contribution < -0.4 is 5.32 Å². The number of benzene rings is 1. The fourth-order valence-electron chi connectivity index (χ4n) is 2.26. The molecule has 1 aliphatic rings. The van der Waals surface area contributed by atoms with Crippen molar-refractivity contribution in [1.29, 1.82) is 0 Å². The lowest BCUT2D eigenvalue weighted by molar-refractivity contribution is -0.132. The lowest BCUT2D eigenvalue weighted by Gasteiger charge is -2.32. The highest BCUT2D eigenvalue weighted by molar-refractivity contribution is 9.10. The quantitative estimate of drug-likeness (QED) is 0.928. The van der Waals surface area contributed by atoms with Gasteiger partial charge in [-0.15, -0.1) is 0 Å². The van der Waals surface area contributed by atoms with Crippen LogP contribution in [0.5, 0.6) is 0 Å². The molecule has 0 spiro atoms. The first-order valence-electron chi connectivity index (χ1n) is 6.41. The highest BCUT2D eigenvalue weighted by Crippen LogP contribution is 2.17. The fraction of sp³-hybridized carbons (Fsp3) is 0.500. The van der Waals surface area contributed by atoms with Crippen molar-refractivity contribution in [3.8, 4) is 0 Å². The third kappa shape index (κ3) is 3.56. The Morgan fingerprint density at radius 2 is 2.28 bits per heavy atom. The number of hydrogen-bond acceptors (Lipinski definition) is 2. The smallest absolute Gasteiger partial charge is 0.222 e. The number of rotatable bonds is 3. The highest BCUT2D eigenvalue weighted by Gasteiger charge is 2.20. The first kappa shape index (κ1) is 13.6. The van der Waals surface area contributed by atoms with Gasteiger partial charge in [-0.05, 0) is 25.0 Å². The number of halogens is 1. The van der Waals surface area contributed by atoms with E-state index < -0.39 is 0 Å². The Balaban J connectivity index is 1.86. The van der Waals surface area contributed by atoms with Crippen molar-refractivity contribution < 1.29 is 4.79 Å². The van der Waals surface area contributed by atoms with Crippen molar-refractivity contribution >= 4 is 21.8 Å². The molecule has 1 fully saturated rings. The van der Waals surface area contributed by atoms with Crippen LogP contribution in [0.3, 0.4) is 0 Å². The molecule has 1 heterocycles. The van der Waals surface area contributed by atoms with E-state index in [1.807, 2.05) is 23.1 Å². The minimum Gasteiger partial charge on any atom is -0.340 e. The Morgan fingerprint density at radius 3 is 3.00 bits per heavy atom. The predicted octanol–water partition coefficient (Wildman–Crippen LogP) is 2.20. The largest absolute Gasteiger partial charge is 0.340 e. The minimum absolute atomic E-state index is 0.263. The summed E-state index contributed by atoms with van der Waals surface area (Å²) in [6, 6.07) is 8.50. The Hall–Kier alpha value is -0.870. The third-order valence-electron chi connectivity index (χ3n) is 3.29. The van der Waals surface area contributed by atoms with Gasteiger partial charge in [-0.25, -0.2) is 0 Å². The zero-order valence-corrected chi connectivity index (χ0v) is 12.2. The highest BCUT2D eigenvalue weighted by atomic mass is 79.9. The van der Waals surface area contributed by atoms with Crippen molar-refractivity contribution in [3.63, 3.8) is 0 Å². The normalized spacial score (nSPS) is 19.9. The number of aryl methyl sites for hydroxylation is 1. The fourth-order valence-corrected chi connectivity index (χ4v) is 2.74. The van der Waals surface area contributed by atoms with Gasteiger partial charge in [0, 0.05) is 36.6 Å². The predicted molar refractivity (Wildman–Crippen MR) is 76.5 cm³/mol. The van der Waals surface area contributed by atoms with Gasteiger partial charge in [0.15, 0.2) is 0 Å².